The SMILES string of the molecule is [2H]c1c([2H])c(-c2ccccc2)c2c(oc3c([2H])c(-c4nc(-c5ccccc5)nc(-n5c6c([2H])c([2H])c([2H])c([2H])c6c6c([2H])c7c(sc8c([2H])c([2H])c([2H])c([2H])c87)c([2H])c65)n4)c([2H])c([2H])c32)c1[2H]. The van der Waals surface area contributed by atoms with E-state index >= 15 is 0 Å². The topological polar surface area (TPSA) is 56.7 Å². The maximum Gasteiger partial charge on any atom is 0.238 e. The molecule has 51 heavy (non-hydrogen) atoms. The average Bonchev–Trinajstić information content (AvgIpc) is 4.05. The maximum absolute atomic E-state index is 9.75. The monoisotopic (exact) mass is 686 g/mol. The molecule has 0 aliphatic heterocycles. The zero-order valence-corrected chi connectivity index (χ0v) is 26.7. The fraction of sp³-hybridized carbons (Fsp3) is 0. The van der Waals surface area contributed by atoms with E-state index in [2.05, 4.69) is 0 Å². The maximum atomic E-state index is 9.75. The summed E-state index contributed by atoms with van der Waals surface area (Å²) in [5.41, 5.74) is -0.148. The lowest BCUT2D eigenvalue weighted by Crippen LogP contribution is -2.06. The molecule has 6 heteroatoms. The van der Waals surface area contributed by atoms with Gasteiger partial charge in [-0.2, -0.15) is 9.97 Å². The first-order valence-corrected chi connectivity index (χ1v) is 16.5. The van der Waals surface area contributed by atoms with Crippen molar-refractivity contribution in [3.8, 4) is 39.9 Å². The summed E-state index contributed by atoms with van der Waals surface area (Å²) >= 11 is 0.850. The third kappa shape index (κ3) is 4.37. The molecule has 0 aliphatic rings. The van der Waals surface area contributed by atoms with Crippen molar-refractivity contribution < 1.29 is 26.3 Å². The van der Waals surface area contributed by atoms with Crippen LogP contribution in [0.5, 0.6) is 0 Å². The van der Waals surface area contributed by atoms with Crippen molar-refractivity contribution in [1.29, 1.82) is 0 Å². The first-order chi connectivity index (χ1) is 32.0. The van der Waals surface area contributed by atoms with Crippen LogP contribution >= 0.6 is 11.3 Å². The molecule has 0 unspecified atom stereocenters. The molecule has 0 spiro atoms. The van der Waals surface area contributed by atoms with Gasteiger partial charge in [-0.05, 0) is 53.4 Å². The number of hydrogen-bond donors (Lipinski definition) is 0. The van der Waals surface area contributed by atoms with Crippen LogP contribution in [0.25, 0.3) is 104 Å². The Balaban J connectivity index is 1.30. The van der Waals surface area contributed by atoms with E-state index in [0.29, 0.717) is 11.1 Å². The molecule has 0 saturated carbocycles. The lowest BCUT2D eigenvalue weighted by Gasteiger charge is -2.11. The van der Waals surface area contributed by atoms with Gasteiger partial charge in [0.1, 0.15) is 11.2 Å². The Kier molecular flexibility index (Phi) is 3.61. The quantitative estimate of drug-likeness (QED) is 0.185. The lowest BCUT2D eigenvalue weighted by atomic mass is 9.99. The van der Waals surface area contributed by atoms with Crippen LogP contribution < -0.4 is 0 Å². The van der Waals surface area contributed by atoms with Crippen LogP contribution in [0.2, 0.25) is 0 Å². The molecule has 0 atom stereocenters. The van der Waals surface area contributed by atoms with Crippen LogP contribution in [0.4, 0.5) is 0 Å². The third-order valence-electron chi connectivity index (χ3n) is 8.63. The molecule has 0 radical (unpaired) electrons. The molecular formula is C45H26N4OS. The Morgan fingerprint density at radius 3 is 2.10 bits per heavy atom. The Hall–Kier alpha value is -6.63. The van der Waals surface area contributed by atoms with Gasteiger partial charge in [0.05, 0.1) is 33.0 Å². The van der Waals surface area contributed by atoms with Crippen molar-refractivity contribution >= 4 is 75.3 Å². The summed E-state index contributed by atoms with van der Waals surface area (Å²) < 4.78 is 152. The van der Waals surface area contributed by atoms with Crippen LogP contribution in [0.3, 0.4) is 0 Å². The van der Waals surface area contributed by atoms with Gasteiger partial charge in [-0.15, -0.1) is 11.3 Å². The second-order valence-corrected chi connectivity index (χ2v) is 12.6. The Labute approximate surface area is 318 Å². The molecular weight excluding hydrogens is 645 g/mol. The van der Waals surface area contributed by atoms with Crippen LogP contribution in [0, 0.1) is 0 Å². The Morgan fingerprint density at radius 1 is 0.510 bits per heavy atom. The third-order valence-corrected chi connectivity index (χ3v) is 9.65. The lowest BCUT2D eigenvalue weighted by molar-refractivity contribution is 0.669. The molecule has 0 aliphatic carbocycles. The van der Waals surface area contributed by atoms with Gasteiger partial charge in [0, 0.05) is 52.8 Å². The van der Waals surface area contributed by atoms with Gasteiger partial charge < -0.3 is 4.42 Å². The minimum atomic E-state index is -0.662. The number of nitrogens with zero attached hydrogens (tertiary/aromatic N) is 4. The summed E-state index contributed by atoms with van der Waals surface area (Å²) in [5, 5.41) is -0.350. The van der Waals surface area contributed by atoms with Gasteiger partial charge >= 0.3 is 0 Å². The smallest absolute Gasteiger partial charge is 0.238 e. The first-order valence-electron chi connectivity index (χ1n) is 23.7. The van der Waals surface area contributed by atoms with Crippen molar-refractivity contribution in [3.05, 3.63) is 157 Å². The Bertz CT molecular complexity index is 4060. The summed E-state index contributed by atoms with van der Waals surface area (Å²) in [4.78, 5) is 14.2. The molecule has 4 heterocycles. The van der Waals surface area contributed by atoms with Gasteiger partial charge in [0.15, 0.2) is 11.6 Å². The fourth-order valence-corrected chi connectivity index (χ4v) is 7.33. The van der Waals surface area contributed by atoms with Crippen molar-refractivity contribution in [2.75, 3.05) is 0 Å². The van der Waals surface area contributed by atoms with Gasteiger partial charge in [0.2, 0.25) is 5.95 Å². The Morgan fingerprint density at radius 2 is 1.25 bits per heavy atom. The van der Waals surface area contributed by atoms with Gasteiger partial charge in [-0.3, -0.25) is 4.57 Å². The number of para-hydroxylation sites is 1. The van der Waals surface area contributed by atoms with Crippen molar-refractivity contribution in [3.63, 3.8) is 0 Å². The molecule has 0 fully saturated rings. The summed E-state index contributed by atoms with van der Waals surface area (Å²) in [6.07, 6.45) is 0. The predicted octanol–water partition coefficient (Wildman–Crippen LogP) is 12.2. The van der Waals surface area contributed by atoms with Crippen LogP contribution in [-0.2, 0) is 0 Å². The number of hydrogen-bond acceptors (Lipinski definition) is 5. The molecule has 0 N–H and O–H groups in total. The van der Waals surface area contributed by atoms with E-state index < -0.39 is 72.5 Å². The zero-order chi connectivity index (χ0) is 47.4. The van der Waals surface area contributed by atoms with E-state index in [9.17, 15) is 8.22 Å². The van der Waals surface area contributed by atoms with E-state index in [-0.39, 0.29) is 117 Å². The number of aromatic nitrogens is 4. The minimum absolute atomic E-state index is 0.0154. The van der Waals surface area contributed by atoms with Crippen LogP contribution in [0.1, 0.15) is 21.9 Å². The number of thiophene rings is 1. The van der Waals surface area contributed by atoms with E-state index in [1.807, 2.05) is 0 Å². The summed E-state index contributed by atoms with van der Waals surface area (Å²) in [5.74, 6) is -0.807. The molecule has 0 bridgehead atoms. The standard InChI is InChI=1S/C45H26N4OS/c1-3-12-27(13-4-1)30-18-11-20-38-42(30)33-23-22-29(24-39(33)50-38)44-46-43(28-14-5-2-6-15-28)47-45(48-44)49-36-19-9-7-16-31(36)34-25-35-32-17-8-10-21-40(32)51-41(35)26-37(34)49/h1-26H/i7D,8D,9D,10D,11D,16D,17D,18D,19D,20D,21D,22D,23D,24D,25D,26D. The highest BCUT2D eigenvalue weighted by Crippen LogP contribution is 2.41. The average molecular weight is 687 g/mol. The summed E-state index contributed by atoms with van der Waals surface area (Å²) in [6.45, 7) is 0. The zero-order valence-electron chi connectivity index (χ0n) is 41.9. The van der Waals surface area contributed by atoms with Crippen molar-refractivity contribution in [1.82, 2.24) is 19.5 Å². The number of furan rings is 1. The molecule has 7 aromatic carbocycles. The van der Waals surface area contributed by atoms with E-state index in [4.69, 9.17) is 33.1 Å². The second-order valence-electron chi connectivity index (χ2n) is 11.6. The largest absolute Gasteiger partial charge is 0.456 e. The molecule has 5 nitrogen and oxygen atoms in total. The van der Waals surface area contributed by atoms with Crippen molar-refractivity contribution in [2.45, 2.75) is 0 Å². The van der Waals surface area contributed by atoms with Crippen LogP contribution in [0.15, 0.2) is 162 Å². The number of benzene rings is 7. The summed E-state index contributed by atoms with van der Waals surface area (Å²) in [6, 6.07) is 9.21. The molecule has 0 amide bonds. The minimum Gasteiger partial charge on any atom is -0.456 e. The van der Waals surface area contributed by atoms with E-state index in [1.165, 1.54) is 4.57 Å². The van der Waals surface area contributed by atoms with E-state index in [0.717, 1.165) is 11.3 Å². The van der Waals surface area contributed by atoms with Crippen molar-refractivity contribution in [2.24, 2.45) is 0 Å². The molecule has 0 saturated heterocycles. The van der Waals surface area contributed by atoms with Gasteiger partial charge in [-0.25, -0.2) is 4.98 Å². The first kappa shape index (κ1) is 16.9. The highest BCUT2D eigenvalue weighted by molar-refractivity contribution is 7.25. The molecule has 238 valence electrons. The van der Waals surface area contributed by atoms with Gasteiger partial charge in [-0.1, -0.05) is 115 Å². The fourth-order valence-electron chi connectivity index (χ4n) is 6.37. The van der Waals surface area contributed by atoms with E-state index in [1.54, 1.807) is 60.7 Å². The number of fused-ring (bicyclic) bond motifs is 9. The highest BCUT2D eigenvalue weighted by atomic mass is 32.1. The number of rotatable bonds is 4. The normalized spacial score (nSPS) is 16.3. The molecule has 4 aromatic heterocycles. The second kappa shape index (κ2) is 10.9. The highest BCUT2D eigenvalue weighted by Gasteiger charge is 2.20. The molecule has 11 aromatic rings. The van der Waals surface area contributed by atoms with Gasteiger partial charge in [0.25, 0.3) is 0 Å². The predicted molar refractivity (Wildman–Crippen MR) is 211 cm³/mol. The molecule has 11 rings (SSSR count). The van der Waals surface area contributed by atoms with Crippen LogP contribution in [-0.4, -0.2) is 19.5 Å². The summed E-state index contributed by atoms with van der Waals surface area (Å²) in [7, 11) is 0.